The molecule has 1 aromatic rings. The van der Waals surface area contributed by atoms with E-state index in [4.69, 9.17) is 10.00 Å². The number of nitriles is 1. The van der Waals surface area contributed by atoms with E-state index in [1.807, 2.05) is 6.07 Å². The van der Waals surface area contributed by atoms with Crippen LogP contribution < -0.4 is 4.74 Å². The predicted octanol–water partition coefficient (Wildman–Crippen LogP) is 2.43. The second-order valence-electron chi connectivity index (χ2n) is 5.87. The maximum atomic E-state index is 13.3. The van der Waals surface area contributed by atoms with Gasteiger partial charge in [-0.3, -0.25) is 4.79 Å². The third kappa shape index (κ3) is 3.74. The first-order valence-electron chi connectivity index (χ1n) is 7.41. The van der Waals surface area contributed by atoms with E-state index < -0.39 is 30.8 Å². The maximum absolute atomic E-state index is 13.3. The highest BCUT2D eigenvalue weighted by Gasteiger charge is 2.63. The van der Waals surface area contributed by atoms with E-state index in [0.29, 0.717) is 5.56 Å². The minimum atomic E-state index is -5.06. The molecule has 0 saturated heterocycles. The summed E-state index contributed by atoms with van der Waals surface area (Å²) in [6.45, 7) is 2.51. The van der Waals surface area contributed by atoms with Crippen molar-refractivity contribution in [3.63, 3.8) is 0 Å². The second-order valence-corrected chi connectivity index (χ2v) is 5.87. The molecule has 1 aliphatic heterocycles. The molecule has 0 fully saturated rings. The van der Waals surface area contributed by atoms with Crippen molar-refractivity contribution in [1.29, 1.82) is 5.26 Å². The Labute approximate surface area is 142 Å². The van der Waals surface area contributed by atoms with Crippen molar-refractivity contribution in [3.8, 4) is 11.8 Å². The largest absolute Gasteiger partial charge is 0.484 e. The van der Waals surface area contributed by atoms with Crippen molar-refractivity contribution < 1.29 is 27.8 Å². The number of carbonyl (C=O) groups excluding carboxylic acids is 1. The normalized spacial score (nSPS) is 20.4. The number of hydrazone groups is 1. The molecule has 0 spiro atoms. The summed E-state index contributed by atoms with van der Waals surface area (Å²) >= 11 is 0. The van der Waals surface area contributed by atoms with Gasteiger partial charge in [0, 0.05) is 12.1 Å². The fourth-order valence-electron chi connectivity index (χ4n) is 2.21. The topological polar surface area (TPSA) is 85.9 Å². The summed E-state index contributed by atoms with van der Waals surface area (Å²) in [7, 11) is 0. The summed E-state index contributed by atoms with van der Waals surface area (Å²) in [6.07, 6.45) is -5.85. The molecule has 6 nitrogen and oxygen atoms in total. The summed E-state index contributed by atoms with van der Waals surface area (Å²) in [6, 6.07) is 7.61. The Kier molecular flexibility index (Phi) is 5.04. The Morgan fingerprint density at radius 2 is 2.04 bits per heavy atom. The van der Waals surface area contributed by atoms with E-state index in [0.717, 1.165) is 0 Å². The monoisotopic (exact) mass is 355 g/mol. The third-order valence-electron chi connectivity index (χ3n) is 3.71. The molecule has 2 rings (SSSR count). The number of hydrogen-bond donors (Lipinski definition) is 1. The zero-order chi connectivity index (χ0) is 18.8. The van der Waals surface area contributed by atoms with Gasteiger partial charge in [-0.15, -0.1) is 0 Å². The summed E-state index contributed by atoms with van der Waals surface area (Å²) in [5.41, 5.74) is -2.93. The van der Waals surface area contributed by atoms with Crippen LogP contribution in [0.25, 0.3) is 0 Å². The van der Waals surface area contributed by atoms with Gasteiger partial charge < -0.3 is 9.84 Å². The number of aliphatic hydroxyl groups is 1. The molecule has 1 heterocycles. The average Bonchev–Trinajstić information content (AvgIpc) is 2.92. The standard InChI is InChI=1S/C16H16F3N3O3/c1-10(2)13-7-15(24,16(17,18)19)22(21-13)14(23)9-25-12-5-3-11(8-20)4-6-12/h3-6,10,24H,7,9H2,1-2H3/t15-/m0/s1. The molecule has 134 valence electrons. The quantitative estimate of drug-likeness (QED) is 0.899. The van der Waals surface area contributed by atoms with Crippen molar-refractivity contribution in [2.75, 3.05) is 6.61 Å². The van der Waals surface area contributed by atoms with Crippen LogP contribution in [0.4, 0.5) is 13.2 Å². The zero-order valence-corrected chi connectivity index (χ0v) is 13.5. The Morgan fingerprint density at radius 1 is 1.44 bits per heavy atom. The molecule has 25 heavy (non-hydrogen) atoms. The number of ether oxygens (including phenoxy) is 1. The lowest BCUT2D eigenvalue weighted by Crippen LogP contribution is -2.57. The van der Waals surface area contributed by atoms with E-state index in [-0.39, 0.29) is 22.4 Å². The van der Waals surface area contributed by atoms with Crippen LogP contribution in [0, 0.1) is 17.2 Å². The number of benzene rings is 1. The van der Waals surface area contributed by atoms with Crippen molar-refractivity contribution in [3.05, 3.63) is 29.8 Å². The number of hydrogen-bond acceptors (Lipinski definition) is 5. The maximum Gasteiger partial charge on any atom is 0.438 e. The van der Waals surface area contributed by atoms with Crippen LogP contribution in [0.2, 0.25) is 0 Å². The minimum absolute atomic E-state index is 0.0476. The SMILES string of the molecule is CC(C)C1=NN(C(=O)COc2ccc(C#N)cc2)[C@@](O)(C(F)(F)F)C1. The van der Waals surface area contributed by atoms with Gasteiger partial charge in [0.05, 0.1) is 11.6 Å². The fraction of sp³-hybridized carbons (Fsp3) is 0.438. The summed E-state index contributed by atoms with van der Waals surface area (Å²) in [4.78, 5) is 12.2. The van der Waals surface area contributed by atoms with Gasteiger partial charge in [0.15, 0.2) is 6.61 Å². The van der Waals surface area contributed by atoms with Crippen molar-refractivity contribution in [1.82, 2.24) is 5.01 Å². The van der Waals surface area contributed by atoms with Gasteiger partial charge >= 0.3 is 6.18 Å². The summed E-state index contributed by atoms with van der Waals surface area (Å²) < 4.78 is 44.9. The van der Waals surface area contributed by atoms with E-state index >= 15 is 0 Å². The Morgan fingerprint density at radius 3 is 2.52 bits per heavy atom. The lowest BCUT2D eigenvalue weighted by atomic mass is 9.99. The van der Waals surface area contributed by atoms with Gasteiger partial charge in [-0.25, -0.2) is 0 Å². The van der Waals surface area contributed by atoms with Gasteiger partial charge in [0.2, 0.25) is 0 Å². The molecular weight excluding hydrogens is 339 g/mol. The highest BCUT2D eigenvalue weighted by Crippen LogP contribution is 2.41. The van der Waals surface area contributed by atoms with Gasteiger partial charge in [-0.1, -0.05) is 13.8 Å². The molecule has 1 atom stereocenters. The number of nitrogens with zero attached hydrogens (tertiary/aromatic N) is 3. The molecule has 0 aromatic heterocycles. The molecule has 0 unspecified atom stereocenters. The molecule has 0 radical (unpaired) electrons. The zero-order valence-electron chi connectivity index (χ0n) is 13.5. The predicted molar refractivity (Wildman–Crippen MR) is 81.4 cm³/mol. The number of amides is 1. The lowest BCUT2D eigenvalue weighted by molar-refractivity contribution is -0.302. The molecule has 1 N–H and O–H groups in total. The number of halogens is 3. The highest BCUT2D eigenvalue weighted by molar-refractivity contribution is 5.92. The Balaban J connectivity index is 2.15. The minimum Gasteiger partial charge on any atom is -0.484 e. The van der Waals surface area contributed by atoms with Crippen LogP contribution in [-0.2, 0) is 4.79 Å². The number of rotatable bonds is 4. The molecule has 0 aliphatic carbocycles. The van der Waals surface area contributed by atoms with Crippen LogP contribution >= 0.6 is 0 Å². The summed E-state index contributed by atoms with van der Waals surface area (Å²) in [5, 5.41) is 22.4. The van der Waals surface area contributed by atoms with Crippen LogP contribution in [-0.4, -0.2) is 40.2 Å². The van der Waals surface area contributed by atoms with E-state index in [9.17, 15) is 23.1 Å². The lowest BCUT2D eigenvalue weighted by Gasteiger charge is -2.32. The average molecular weight is 355 g/mol. The Hall–Kier alpha value is -2.60. The van der Waals surface area contributed by atoms with E-state index in [1.54, 1.807) is 13.8 Å². The van der Waals surface area contributed by atoms with Gasteiger partial charge in [-0.2, -0.15) is 28.5 Å². The van der Waals surface area contributed by atoms with Crippen LogP contribution in [0.5, 0.6) is 5.75 Å². The molecule has 1 aliphatic rings. The van der Waals surface area contributed by atoms with Gasteiger partial charge in [-0.05, 0) is 30.2 Å². The molecule has 1 aromatic carbocycles. The number of alkyl halides is 3. The first kappa shape index (κ1) is 18.7. The first-order valence-corrected chi connectivity index (χ1v) is 7.41. The third-order valence-corrected chi connectivity index (χ3v) is 3.71. The molecule has 9 heteroatoms. The molecule has 0 bridgehead atoms. The smallest absolute Gasteiger partial charge is 0.438 e. The van der Waals surface area contributed by atoms with Crippen molar-refractivity contribution >= 4 is 11.6 Å². The first-order chi connectivity index (χ1) is 11.6. The van der Waals surface area contributed by atoms with Crippen LogP contribution in [0.15, 0.2) is 29.4 Å². The van der Waals surface area contributed by atoms with E-state index in [2.05, 4.69) is 5.10 Å². The second kappa shape index (κ2) is 6.72. The van der Waals surface area contributed by atoms with Crippen molar-refractivity contribution in [2.45, 2.75) is 32.2 Å². The molecule has 1 amide bonds. The Bertz CT molecular complexity index is 723. The molecule has 0 saturated carbocycles. The summed E-state index contributed by atoms with van der Waals surface area (Å²) in [5.74, 6) is -1.28. The van der Waals surface area contributed by atoms with Crippen LogP contribution in [0.1, 0.15) is 25.8 Å². The van der Waals surface area contributed by atoms with Gasteiger partial charge in [0.1, 0.15) is 5.75 Å². The fourth-order valence-corrected chi connectivity index (χ4v) is 2.21. The van der Waals surface area contributed by atoms with Crippen LogP contribution in [0.3, 0.4) is 0 Å². The highest BCUT2D eigenvalue weighted by atomic mass is 19.4. The van der Waals surface area contributed by atoms with Crippen molar-refractivity contribution in [2.24, 2.45) is 11.0 Å². The number of carbonyl (C=O) groups is 1. The molecular formula is C16H16F3N3O3. The van der Waals surface area contributed by atoms with Gasteiger partial charge in [0.25, 0.3) is 11.6 Å². The van der Waals surface area contributed by atoms with E-state index in [1.165, 1.54) is 24.3 Å².